The average molecular weight is 340 g/mol. The third-order valence-electron chi connectivity index (χ3n) is 3.63. The van der Waals surface area contributed by atoms with Gasteiger partial charge in [0.1, 0.15) is 11.5 Å². The lowest BCUT2D eigenvalue weighted by Crippen LogP contribution is -2.17. The Labute approximate surface area is 148 Å². The summed E-state index contributed by atoms with van der Waals surface area (Å²) in [5.41, 5.74) is 3.67. The minimum atomic E-state index is -0.300. The van der Waals surface area contributed by atoms with Gasteiger partial charge in [-0.3, -0.25) is 4.79 Å². The zero-order valence-electron chi connectivity index (χ0n) is 14.4. The van der Waals surface area contributed by atoms with Gasteiger partial charge in [0.25, 0.3) is 5.91 Å². The molecule has 25 heavy (non-hydrogen) atoms. The topological polar surface area (TPSA) is 70.9 Å². The van der Waals surface area contributed by atoms with Crippen molar-refractivity contribution in [1.29, 1.82) is 0 Å². The Hall–Kier alpha value is -2.82. The maximum absolute atomic E-state index is 12.0. The van der Waals surface area contributed by atoms with Gasteiger partial charge in [-0.2, -0.15) is 5.10 Å². The Morgan fingerprint density at radius 1 is 1.16 bits per heavy atom. The molecule has 0 aliphatic carbocycles. The monoisotopic (exact) mass is 340 g/mol. The largest absolute Gasteiger partial charge is 0.508 e. The van der Waals surface area contributed by atoms with E-state index in [0.29, 0.717) is 17.7 Å². The van der Waals surface area contributed by atoms with E-state index >= 15 is 0 Å². The Bertz CT molecular complexity index is 696. The fraction of sp³-hybridized carbons (Fsp3) is 0.300. The average Bonchev–Trinajstić information content (AvgIpc) is 2.62. The fourth-order valence-electron chi connectivity index (χ4n) is 2.26. The van der Waals surface area contributed by atoms with Crippen molar-refractivity contribution in [3.8, 4) is 11.5 Å². The molecule has 0 aliphatic rings. The normalized spacial score (nSPS) is 10.8. The van der Waals surface area contributed by atoms with Crippen LogP contribution in [-0.4, -0.2) is 23.8 Å². The number of phenols is 1. The van der Waals surface area contributed by atoms with Crippen LogP contribution in [0.3, 0.4) is 0 Å². The number of aromatic hydroxyl groups is 1. The summed E-state index contributed by atoms with van der Waals surface area (Å²) in [6, 6.07) is 13.6. The number of carbonyl (C=O) groups is 1. The van der Waals surface area contributed by atoms with Gasteiger partial charge in [-0.05, 0) is 48.4 Å². The number of hydrogen-bond donors (Lipinski definition) is 2. The van der Waals surface area contributed by atoms with Gasteiger partial charge in [-0.25, -0.2) is 5.43 Å². The first kappa shape index (κ1) is 18.5. The summed E-state index contributed by atoms with van der Waals surface area (Å²) in [6.45, 7) is 2.87. The van der Waals surface area contributed by atoms with Gasteiger partial charge in [0.05, 0.1) is 12.8 Å². The van der Waals surface area contributed by atoms with Gasteiger partial charge in [-0.15, -0.1) is 0 Å². The Balaban J connectivity index is 1.79. The molecule has 2 rings (SSSR count). The Morgan fingerprint density at radius 3 is 2.68 bits per heavy atom. The van der Waals surface area contributed by atoms with Crippen LogP contribution >= 0.6 is 0 Å². The first-order valence-corrected chi connectivity index (χ1v) is 8.54. The molecule has 0 aliphatic heterocycles. The van der Waals surface area contributed by atoms with Crippen LogP contribution in [0.15, 0.2) is 53.6 Å². The molecule has 0 radical (unpaired) electrons. The van der Waals surface area contributed by atoms with Crippen molar-refractivity contribution in [1.82, 2.24) is 5.43 Å². The highest BCUT2D eigenvalue weighted by Gasteiger charge is 2.04. The zero-order chi connectivity index (χ0) is 17.9. The maximum Gasteiger partial charge on any atom is 0.271 e. The van der Waals surface area contributed by atoms with Crippen molar-refractivity contribution in [2.75, 3.05) is 6.61 Å². The highest BCUT2D eigenvalue weighted by Crippen LogP contribution is 2.13. The van der Waals surface area contributed by atoms with Gasteiger partial charge in [0.15, 0.2) is 0 Å². The predicted octanol–water partition coefficient (Wildman–Crippen LogP) is 4.12. The van der Waals surface area contributed by atoms with Gasteiger partial charge < -0.3 is 9.84 Å². The zero-order valence-corrected chi connectivity index (χ0v) is 14.4. The molecule has 0 unspecified atom stereocenters. The summed E-state index contributed by atoms with van der Waals surface area (Å²) in [5, 5.41) is 13.3. The van der Waals surface area contributed by atoms with Crippen LogP contribution in [0.1, 0.15) is 48.5 Å². The molecule has 0 saturated heterocycles. The number of benzene rings is 2. The van der Waals surface area contributed by atoms with Crippen LogP contribution in [0.4, 0.5) is 0 Å². The summed E-state index contributed by atoms with van der Waals surface area (Å²) >= 11 is 0. The van der Waals surface area contributed by atoms with Crippen molar-refractivity contribution in [2.24, 2.45) is 5.10 Å². The first-order valence-electron chi connectivity index (χ1n) is 8.54. The molecule has 1 amide bonds. The van der Waals surface area contributed by atoms with Crippen LogP contribution in [0, 0.1) is 0 Å². The number of amides is 1. The van der Waals surface area contributed by atoms with E-state index in [0.717, 1.165) is 12.2 Å². The molecular weight excluding hydrogens is 316 g/mol. The van der Waals surface area contributed by atoms with Crippen LogP contribution in [-0.2, 0) is 0 Å². The van der Waals surface area contributed by atoms with E-state index in [1.165, 1.54) is 25.5 Å². The first-order chi connectivity index (χ1) is 12.2. The standard InChI is InChI=1S/C20H24N2O3/c1-2-3-4-5-13-25-19-11-9-17(10-12-19)20(24)22-21-15-16-7-6-8-18(23)14-16/h6-12,14-15,23H,2-5,13H2,1H3,(H,22,24)/b21-15+. The van der Waals surface area contributed by atoms with Gasteiger partial charge in [-0.1, -0.05) is 38.3 Å². The molecule has 0 fully saturated rings. The van der Waals surface area contributed by atoms with Crippen molar-refractivity contribution >= 4 is 12.1 Å². The Kier molecular flexibility index (Phi) is 7.50. The number of hydrogen-bond acceptors (Lipinski definition) is 4. The molecule has 2 N–H and O–H groups in total. The molecule has 2 aromatic carbocycles. The fourth-order valence-corrected chi connectivity index (χ4v) is 2.26. The predicted molar refractivity (Wildman–Crippen MR) is 99.2 cm³/mol. The smallest absolute Gasteiger partial charge is 0.271 e. The molecule has 2 aromatic rings. The summed E-state index contributed by atoms with van der Waals surface area (Å²) in [6.07, 6.45) is 6.13. The van der Waals surface area contributed by atoms with Gasteiger partial charge >= 0.3 is 0 Å². The van der Waals surface area contributed by atoms with E-state index in [2.05, 4.69) is 17.5 Å². The molecule has 0 heterocycles. The molecule has 132 valence electrons. The Morgan fingerprint density at radius 2 is 1.96 bits per heavy atom. The van der Waals surface area contributed by atoms with E-state index in [9.17, 15) is 9.90 Å². The molecule has 5 nitrogen and oxygen atoms in total. The third kappa shape index (κ3) is 6.67. The molecule has 0 saturated carbocycles. The molecule has 0 aromatic heterocycles. The van der Waals surface area contributed by atoms with Crippen molar-refractivity contribution in [2.45, 2.75) is 32.6 Å². The number of phenolic OH excluding ortho intramolecular Hbond substituents is 1. The molecule has 0 spiro atoms. The van der Waals surface area contributed by atoms with Crippen LogP contribution in [0.2, 0.25) is 0 Å². The minimum Gasteiger partial charge on any atom is -0.508 e. The number of ether oxygens (including phenoxy) is 1. The molecule has 0 atom stereocenters. The number of unbranched alkanes of at least 4 members (excludes halogenated alkanes) is 3. The number of hydrazone groups is 1. The second-order valence-electron chi connectivity index (χ2n) is 5.73. The van der Waals surface area contributed by atoms with Crippen LogP contribution in [0.25, 0.3) is 0 Å². The number of nitrogens with one attached hydrogen (secondary N) is 1. The van der Waals surface area contributed by atoms with Crippen molar-refractivity contribution in [3.63, 3.8) is 0 Å². The van der Waals surface area contributed by atoms with E-state index in [1.54, 1.807) is 48.5 Å². The lowest BCUT2D eigenvalue weighted by atomic mass is 10.2. The maximum atomic E-state index is 12.0. The van der Waals surface area contributed by atoms with E-state index in [-0.39, 0.29) is 11.7 Å². The SMILES string of the molecule is CCCCCCOc1ccc(C(=O)N/N=C/c2cccc(O)c2)cc1. The van der Waals surface area contributed by atoms with E-state index in [4.69, 9.17) is 4.74 Å². The van der Waals surface area contributed by atoms with Gasteiger partial charge in [0, 0.05) is 5.56 Å². The second kappa shape index (κ2) is 10.1. The highest BCUT2D eigenvalue weighted by molar-refractivity contribution is 5.95. The van der Waals surface area contributed by atoms with E-state index < -0.39 is 0 Å². The lowest BCUT2D eigenvalue weighted by Gasteiger charge is -2.06. The number of carbonyl (C=O) groups excluding carboxylic acids is 1. The number of nitrogens with zero attached hydrogens (tertiary/aromatic N) is 1. The quantitative estimate of drug-likeness (QED) is 0.410. The van der Waals surface area contributed by atoms with Crippen LogP contribution in [0.5, 0.6) is 11.5 Å². The molecule has 5 heteroatoms. The molecular formula is C20H24N2O3. The lowest BCUT2D eigenvalue weighted by molar-refractivity contribution is 0.0955. The van der Waals surface area contributed by atoms with Gasteiger partial charge in [0.2, 0.25) is 0 Å². The summed E-state index contributed by atoms with van der Waals surface area (Å²) < 4.78 is 5.65. The summed E-state index contributed by atoms with van der Waals surface area (Å²) in [4.78, 5) is 12.0. The highest BCUT2D eigenvalue weighted by atomic mass is 16.5. The second-order valence-corrected chi connectivity index (χ2v) is 5.73. The van der Waals surface area contributed by atoms with Crippen molar-refractivity contribution in [3.05, 3.63) is 59.7 Å². The summed E-state index contributed by atoms with van der Waals surface area (Å²) in [7, 11) is 0. The minimum absolute atomic E-state index is 0.153. The van der Waals surface area contributed by atoms with Crippen molar-refractivity contribution < 1.29 is 14.6 Å². The van der Waals surface area contributed by atoms with E-state index in [1.807, 2.05) is 0 Å². The van der Waals surface area contributed by atoms with Crippen LogP contribution < -0.4 is 10.2 Å². The summed E-state index contributed by atoms with van der Waals surface area (Å²) in [5.74, 6) is 0.614. The molecule has 0 bridgehead atoms. The number of rotatable bonds is 9. The third-order valence-corrected chi connectivity index (χ3v) is 3.63.